The maximum absolute atomic E-state index is 10.6. The fraction of sp³-hybridized carbons (Fsp3) is 0.364. The van der Waals surface area contributed by atoms with Gasteiger partial charge in [-0.05, 0) is 25.5 Å². The fourth-order valence-electron chi connectivity index (χ4n) is 1.01. The van der Waals surface area contributed by atoms with Crippen LogP contribution in [0.15, 0.2) is 18.3 Å². The van der Waals surface area contributed by atoms with Gasteiger partial charge in [0.15, 0.2) is 10.9 Å². The lowest BCUT2D eigenvalue weighted by atomic mass is 10.4. The molecule has 0 spiro atoms. The van der Waals surface area contributed by atoms with Gasteiger partial charge < -0.3 is 0 Å². The molecule has 0 saturated heterocycles. The first kappa shape index (κ1) is 11.9. The molecule has 0 aromatic carbocycles. The smallest absolute Gasteiger partial charge is 0.185 e. The number of aryl methyl sites for hydroxylation is 1. The fourth-order valence-corrected chi connectivity index (χ4v) is 1.55. The van der Waals surface area contributed by atoms with Crippen molar-refractivity contribution in [3.8, 4) is 0 Å². The van der Waals surface area contributed by atoms with Crippen molar-refractivity contribution in [2.45, 2.75) is 20.3 Å². The average Bonchev–Trinajstić information content (AvgIpc) is 2.17. The summed E-state index contributed by atoms with van der Waals surface area (Å²) in [4.78, 5) is 19.0. The summed E-state index contributed by atoms with van der Waals surface area (Å²) < 4.78 is 0. The molecular weight excluding hydrogens is 208 g/mol. The second-order valence-corrected chi connectivity index (χ2v) is 4.36. The Balaban J connectivity index is 2.35. The van der Waals surface area contributed by atoms with E-state index in [0.29, 0.717) is 0 Å². The molecule has 0 aliphatic heterocycles. The van der Waals surface area contributed by atoms with Crippen LogP contribution in [-0.4, -0.2) is 20.8 Å². The van der Waals surface area contributed by atoms with Crippen LogP contribution in [-0.2, 0) is 4.79 Å². The molecule has 0 atom stereocenters. The molecule has 0 bridgehead atoms. The van der Waals surface area contributed by atoms with E-state index in [-0.39, 0.29) is 5.12 Å². The topological polar surface area (TPSA) is 42.9 Å². The van der Waals surface area contributed by atoms with E-state index < -0.39 is 0 Å². The van der Waals surface area contributed by atoms with Gasteiger partial charge in [0.1, 0.15) is 0 Å². The van der Waals surface area contributed by atoms with E-state index in [0.717, 1.165) is 23.7 Å². The van der Waals surface area contributed by atoms with Gasteiger partial charge in [-0.2, -0.15) is 0 Å². The van der Waals surface area contributed by atoms with Crippen molar-refractivity contribution in [2.24, 2.45) is 0 Å². The summed E-state index contributed by atoms with van der Waals surface area (Å²) in [5.41, 5.74) is 0.961. The molecular formula is C11H14N2OS. The number of hydrogen-bond acceptors (Lipinski definition) is 4. The van der Waals surface area contributed by atoms with E-state index in [4.69, 9.17) is 0 Å². The molecule has 0 aliphatic rings. The summed E-state index contributed by atoms with van der Waals surface area (Å²) in [7, 11) is 0. The van der Waals surface area contributed by atoms with Crippen LogP contribution in [0.5, 0.6) is 0 Å². The lowest BCUT2D eigenvalue weighted by Crippen LogP contribution is -1.88. The Labute approximate surface area is 94.0 Å². The molecule has 0 aliphatic carbocycles. The van der Waals surface area contributed by atoms with Crippen LogP contribution in [0.2, 0.25) is 0 Å². The average molecular weight is 222 g/mol. The van der Waals surface area contributed by atoms with Crippen LogP contribution in [0.3, 0.4) is 0 Å². The summed E-state index contributed by atoms with van der Waals surface area (Å²) in [5, 5.41) is 0.162. The number of nitrogens with zero attached hydrogens (tertiary/aromatic N) is 2. The third kappa shape index (κ3) is 5.32. The number of rotatable bonds is 4. The maximum atomic E-state index is 10.6. The molecule has 1 rings (SSSR count). The molecule has 0 fully saturated rings. The minimum absolute atomic E-state index is 0.162. The van der Waals surface area contributed by atoms with Gasteiger partial charge in [0, 0.05) is 24.6 Å². The van der Waals surface area contributed by atoms with E-state index in [9.17, 15) is 4.79 Å². The van der Waals surface area contributed by atoms with Crippen LogP contribution in [0.1, 0.15) is 24.9 Å². The highest BCUT2D eigenvalue weighted by atomic mass is 32.2. The molecule has 80 valence electrons. The van der Waals surface area contributed by atoms with E-state index in [2.05, 4.69) is 9.97 Å². The normalized spacial score (nSPS) is 10.8. The van der Waals surface area contributed by atoms with Crippen molar-refractivity contribution < 1.29 is 4.79 Å². The SMILES string of the molecule is CC(=O)SCCC=Cc1nccc(C)n1. The van der Waals surface area contributed by atoms with Gasteiger partial charge in [-0.3, -0.25) is 4.79 Å². The van der Waals surface area contributed by atoms with E-state index in [1.165, 1.54) is 11.8 Å². The summed E-state index contributed by atoms with van der Waals surface area (Å²) in [5.74, 6) is 1.54. The van der Waals surface area contributed by atoms with Crippen molar-refractivity contribution in [1.29, 1.82) is 0 Å². The largest absolute Gasteiger partial charge is 0.288 e. The molecule has 15 heavy (non-hydrogen) atoms. The Kier molecular flexibility index (Phi) is 5.04. The van der Waals surface area contributed by atoms with Crippen LogP contribution in [0, 0.1) is 6.92 Å². The zero-order valence-electron chi connectivity index (χ0n) is 8.93. The summed E-state index contributed by atoms with van der Waals surface area (Å²) in [6, 6.07) is 1.86. The maximum Gasteiger partial charge on any atom is 0.185 e. The van der Waals surface area contributed by atoms with E-state index in [1.807, 2.05) is 25.1 Å². The van der Waals surface area contributed by atoms with Crippen molar-refractivity contribution in [2.75, 3.05) is 5.75 Å². The first-order valence-corrected chi connectivity index (χ1v) is 5.76. The van der Waals surface area contributed by atoms with Gasteiger partial charge in [0.05, 0.1) is 0 Å². The number of thioether (sulfide) groups is 1. The second kappa shape index (κ2) is 6.35. The molecule has 0 unspecified atom stereocenters. The first-order valence-electron chi connectivity index (χ1n) is 4.78. The Morgan fingerprint density at radius 2 is 2.40 bits per heavy atom. The predicted octanol–water partition coefficient (Wildman–Crippen LogP) is 2.47. The molecule has 0 radical (unpaired) electrons. The molecule has 1 aromatic rings. The standard InChI is InChI=1S/C11H14N2OS/c1-9-6-7-12-11(13-9)5-3-4-8-15-10(2)14/h3,5-7H,4,8H2,1-2H3. The van der Waals surface area contributed by atoms with E-state index >= 15 is 0 Å². The third-order valence-electron chi connectivity index (χ3n) is 1.67. The highest BCUT2D eigenvalue weighted by Crippen LogP contribution is 2.04. The van der Waals surface area contributed by atoms with Crippen molar-refractivity contribution in [3.05, 3.63) is 29.9 Å². The molecule has 0 amide bonds. The van der Waals surface area contributed by atoms with Crippen LogP contribution >= 0.6 is 11.8 Å². The zero-order chi connectivity index (χ0) is 11.1. The number of allylic oxidation sites excluding steroid dienone is 1. The monoisotopic (exact) mass is 222 g/mol. The minimum Gasteiger partial charge on any atom is -0.288 e. The summed E-state index contributed by atoms with van der Waals surface area (Å²) in [6.07, 6.45) is 6.48. The van der Waals surface area contributed by atoms with Gasteiger partial charge in [-0.1, -0.05) is 17.8 Å². The third-order valence-corrected chi connectivity index (χ3v) is 2.52. The van der Waals surface area contributed by atoms with Gasteiger partial charge in [0.25, 0.3) is 0 Å². The molecule has 3 nitrogen and oxygen atoms in total. The number of carbonyl (C=O) groups is 1. The van der Waals surface area contributed by atoms with Crippen LogP contribution < -0.4 is 0 Å². The van der Waals surface area contributed by atoms with Crippen molar-refractivity contribution in [1.82, 2.24) is 9.97 Å². The van der Waals surface area contributed by atoms with E-state index in [1.54, 1.807) is 13.1 Å². The number of aromatic nitrogens is 2. The highest BCUT2D eigenvalue weighted by Gasteiger charge is 1.92. The zero-order valence-corrected chi connectivity index (χ0v) is 9.75. The predicted molar refractivity (Wildman–Crippen MR) is 63.6 cm³/mol. The second-order valence-electron chi connectivity index (χ2n) is 3.09. The Bertz CT molecular complexity index is 363. The molecule has 0 N–H and O–H groups in total. The Morgan fingerprint density at radius 3 is 3.07 bits per heavy atom. The Hall–Kier alpha value is -1.16. The van der Waals surface area contributed by atoms with Gasteiger partial charge in [-0.15, -0.1) is 0 Å². The quantitative estimate of drug-likeness (QED) is 0.734. The van der Waals surface area contributed by atoms with Crippen LogP contribution in [0.4, 0.5) is 0 Å². The lowest BCUT2D eigenvalue weighted by molar-refractivity contribution is -0.109. The molecule has 4 heteroatoms. The number of carbonyl (C=O) groups excluding carboxylic acids is 1. The lowest BCUT2D eigenvalue weighted by Gasteiger charge is -1.94. The highest BCUT2D eigenvalue weighted by molar-refractivity contribution is 8.13. The van der Waals surface area contributed by atoms with Gasteiger partial charge in [-0.25, -0.2) is 9.97 Å². The van der Waals surface area contributed by atoms with Gasteiger partial charge in [0.2, 0.25) is 0 Å². The summed E-state index contributed by atoms with van der Waals surface area (Å²) >= 11 is 1.34. The first-order chi connectivity index (χ1) is 7.18. The Morgan fingerprint density at radius 1 is 1.60 bits per heavy atom. The molecule has 0 saturated carbocycles. The summed E-state index contributed by atoms with van der Waals surface area (Å²) in [6.45, 7) is 3.52. The van der Waals surface area contributed by atoms with Crippen molar-refractivity contribution >= 4 is 23.0 Å². The minimum atomic E-state index is 0.162. The molecule has 1 aromatic heterocycles. The molecule has 1 heterocycles. The van der Waals surface area contributed by atoms with Crippen molar-refractivity contribution in [3.63, 3.8) is 0 Å². The number of hydrogen-bond donors (Lipinski definition) is 0. The van der Waals surface area contributed by atoms with Gasteiger partial charge >= 0.3 is 0 Å². The van der Waals surface area contributed by atoms with Crippen LogP contribution in [0.25, 0.3) is 6.08 Å².